The highest BCUT2D eigenvalue weighted by Crippen LogP contribution is 2.32. The summed E-state index contributed by atoms with van der Waals surface area (Å²) in [7, 11) is 0. The average molecular weight is 388 g/mol. The fourth-order valence-corrected chi connectivity index (χ4v) is 4.87. The molecule has 0 N–H and O–H groups in total. The Balaban J connectivity index is 1.55. The Morgan fingerprint density at radius 2 is 2.04 bits per heavy atom. The van der Waals surface area contributed by atoms with E-state index >= 15 is 0 Å². The van der Waals surface area contributed by atoms with Gasteiger partial charge in [-0.2, -0.15) is 0 Å². The summed E-state index contributed by atoms with van der Waals surface area (Å²) in [5.74, 6) is 0.144. The van der Waals surface area contributed by atoms with Gasteiger partial charge in [0.25, 0.3) is 0 Å². The van der Waals surface area contributed by atoms with Gasteiger partial charge in [0.05, 0.1) is 22.9 Å². The normalized spacial score (nSPS) is 20.9. The van der Waals surface area contributed by atoms with Crippen LogP contribution in [0.15, 0.2) is 24.3 Å². The van der Waals surface area contributed by atoms with E-state index in [4.69, 9.17) is 9.72 Å². The smallest absolute Gasteiger partial charge is 0.232 e. The molecule has 2 fully saturated rings. The molecule has 1 aromatic heterocycles. The van der Waals surface area contributed by atoms with Crippen LogP contribution < -0.4 is 4.90 Å². The lowest BCUT2D eigenvalue weighted by atomic mass is 9.95. The molecule has 1 aromatic carbocycles. The number of ether oxygens (including phenoxy) is 1. The molecule has 27 heavy (non-hydrogen) atoms. The molecule has 0 radical (unpaired) electrons. The standard InChI is InChI=1S/C20H25N3O3S/c1-14(24)22-10-8-15(9-11-22)19(25)23(13-16-5-4-12-26-16)20-21-17-6-2-3-7-18(17)27-20/h2-3,6-7,15-16H,4-5,8-13H2,1H3. The zero-order chi connectivity index (χ0) is 18.8. The number of thiazole rings is 1. The molecule has 2 aromatic rings. The van der Waals surface area contributed by atoms with Crippen molar-refractivity contribution in [2.45, 2.75) is 38.7 Å². The molecule has 7 heteroatoms. The number of carbonyl (C=O) groups is 2. The lowest BCUT2D eigenvalue weighted by Crippen LogP contribution is -2.46. The van der Waals surface area contributed by atoms with Crippen molar-refractivity contribution in [1.29, 1.82) is 0 Å². The van der Waals surface area contributed by atoms with Crippen LogP contribution in [-0.4, -0.2) is 54.0 Å². The summed E-state index contributed by atoms with van der Waals surface area (Å²) in [6, 6.07) is 7.98. The zero-order valence-electron chi connectivity index (χ0n) is 15.6. The maximum atomic E-state index is 13.4. The topological polar surface area (TPSA) is 62.7 Å². The number of carbonyl (C=O) groups excluding carboxylic acids is 2. The molecule has 144 valence electrons. The zero-order valence-corrected chi connectivity index (χ0v) is 16.4. The highest BCUT2D eigenvalue weighted by Gasteiger charge is 2.33. The van der Waals surface area contributed by atoms with Gasteiger partial charge in [-0.1, -0.05) is 23.5 Å². The minimum atomic E-state index is -0.0611. The van der Waals surface area contributed by atoms with Crippen molar-refractivity contribution in [2.75, 3.05) is 31.1 Å². The van der Waals surface area contributed by atoms with Crippen LogP contribution in [0.5, 0.6) is 0 Å². The first-order valence-electron chi connectivity index (χ1n) is 9.66. The fourth-order valence-electron chi connectivity index (χ4n) is 3.89. The van der Waals surface area contributed by atoms with Gasteiger partial charge in [0.1, 0.15) is 0 Å². The first kappa shape index (κ1) is 18.4. The maximum absolute atomic E-state index is 13.4. The summed E-state index contributed by atoms with van der Waals surface area (Å²) in [6.07, 6.45) is 3.54. The van der Waals surface area contributed by atoms with E-state index in [0.29, 0.717) is 32.5 Å². The summed E-state index contributed by atoms with van der Waals surface area (Å²) in [6.45, 7) is 4.22. The molecule has 2 amide bonds. The van der Waals surface area contributed by atoms with E-state index in [0.717, 1.165) is 34.8 Å². The van der Waals surface area contributed by atoms with Crippen molar-refractivity contribution < 1.29 is 14.3 Å². The van der Waals surface area contributed by atoms with E-state index in [-0.39, 0.29) is 23.8 Å². The number of benzene rings is 1. The second-order valence-electron chi connectivity index (χ2n) is 7.33. The molecule has 1 atom stereocenters. The van der Waals surface area contributed by atoms with Gasteiger partial charge in [-0.25, -0.2) is 4.98 Å². The number of hydrogen-bond acceptors (Lipinski definition) is 5. The van der Waals surface area contributed by atoms with E-state index in [2.05, 4.69) is 0 Å². The van der Waals surface area contributed by atoms with Crippen molar-refractivity contribution in [1.82, 2.24) is 9.88 Å². The Labute approximate surface area is 163 Å². The lowest BCUT2D eigenvalue weighted by Gasteiger charge is -2.33. The van der Waals surface area contributed by atoms with Crippen LogP contribution in [-0.2, 0) is 14.3 Å². The molecular weight excluding hydrogens is 362 g/mol. The number of fused-ring (bicyclic) bond motifs is 1. The van der Waals surface area contributed by atoms with E-state index < -0.39 is 0 Å². The Morgan fingerprint density at radius 1 is 1.26 bits per heavy atom. The van der Waals surface area contributed by atoms with Gasteiger partial charge >= 0.3 is 0 Å². The number of hydrogen-bond donors (Lipinski definition) is 0. The molecule has 3 heterocycles. The van der Waals surface area contributed by atoms with E-state index in [1.54, 1.807) is 18.3 Å². The molecule has 2 aliphatic rings. The number of rotatable bonds is 4. The number of para-hydroxylation sites is 1. The van der Waals surface area contributed by atoms with Gasteiger partial charge in [-0.05, 0) is 37.8 Å². The predicted octanol–water partition coefficient (Wildman–Crippen LogP) is 3.07. The van der Waals surface area contributed by atoms with Gasteiger partial charge in [0.2, 0.25) is 11.8 Å². The van der Waals surface area contributed by atoms with Crippen LogP contribution in [0.1, 0.15) is 32.6 Å². The predicted molar refractivity (Wildman–Crippen MR) is 106 cm³/mol. The molecule has 1 unspecified atom stereocenters. The van der Waals surface area contributed by atoms with Crippen molar-refractivity contribution in [3.8, 4) is 0 Å². The molecule has 4 rings (SSSR count). The summed E-state index contributed by atoms with van der Waals surface area (Å²) in [5, 5.41) is 0.755. The van der Waals surface area contributed by atoms with Crippen molar-refractivity contribution in [3.63, 3.8) is 0 Å². The number of aromatic nitrogens is 1. The lowest BCUT2D eigenvalue weighted by molar-refractivity contribution is -0.133. The molecule has 0 bridgehead atoms. The number of piperidine rings is 1. The maximum Gasteiger partial charge on any atom is 0.232 e. The second kappa shape index (κ2) is 7.94. The molecule has 0 aliphatic carbocycles. The first-order chi connectivity index (χ1) is 13.1. The minimum absolute atomic E-state index is 0.0611. The summed E-state index contributed by atoms with van der Waals surface area (Å²) in [5.41, 5.74) is 0.925. The highest BCUT2D eigenvalue weighted by molar-refractivity contribution is 7.22. The third-order valence-electron chi connectivity index (χ3n) is 5.48. The van der Waals surface area contributed by atoms with Crippen molar-refractivity contribution in [2.24, 2.45) is 5.92 Å². The van der Waals surface area contributed by atoms with Crippen LogP contribution in [0.4, 0.5) is 5.13 Å². The van der Waals surface area contributed by atoms with Gasteiger partial charge < -0.3 is 9.64 Å². The quantitative estimate of drug-likeness (QED) is 0.809. The van der Waals surface area contributed by atoms with Gasteiger partial charge in [-0.3, -0.25) is 14.5 Å². The van der Waals surface area contributed by atoms with E-state index in [1.165, 1.54) is 0 Å². The Kier molecular flexibility index (Phi) is 5.41. The minimum Gasteiger partial charge on any atom is -0.376 e. The monoisotopic (exact) mass is 387 g/mol. The Morgan fingerprint density at radius 3 is 2.70 bits per heavy atom. The Hall–Kier alpha value is -1.99. The molecule has 2 saturated heterocycles. The van der Waals surface area contributed by atoms with Crippen molar-refractivity contribution in [3.05, 3.63) is 24.3 Å². The van der Waals surface area contributed by atoms with Gasteiger partial charge in [0, 0.05) is 32.5 Å². The first-order valence-corrected chi connectivity index (χ1v) is 10.5. The van der Waals surface area contributed by atoms with Crippen molar-refractivity contribution >= 4 is 38.5 Å². The molecule has 0 saturated carbocycles. The SMILES string of the molecule is CC(=O)N1CCC(C(=O)N(CC2CCCO2)c2nc3ccccc3s2)CC1. The van der Waals surface area contributed by atoms with Crippen LogP contribution in [0.3, 0.4) is 0 Å². The molecule has 2 aliphatic heterocycles. The highest BCUT2D eigenvalue weighted by atomic mass is 32.1. The average Bonchev–Trinajstić information content (AvgIpc) is 3.34. The Bertz CT molecular complexity index is 790. The fraction of sp³-hybridized carbons (Fsp3) is 0.550. The number of likely N-dealkylation sites (tertiary alicyclic amines) is 1. The van der Waals surface area contributed by atoms with Crippen LogP contribution in [0, 0.1) is 5.92 Å². The van der Waals surface area contributed by atoms with Gasteiger partial charge in [-0.15, -0.1) is 0 Å². The van der Waals surface area contributed by atoms with E-state index in [9.17, 15) is 9.59 Å². The number of nitrogens with zero attached hydrogens (tertiary/aromatic N) is 3. The second-order valence-corrected chi connectivity index (χ2v) is 8.34. The van der Waals surface area contributed by atoms with Crippen LogP contribution in [0.2, 0.25) is 0 Å². The molecule has 6 nitrogen and oxygen atoms in total. The largest absolute Gasteiger partial charge is 0.376 e. The van der Waals surface area contributed by atoms with Gasteiger partial charge in [0.15, 0.2) is 5.13 Å². The molecule has 0 spiro atoms. The summed E-state index contributed by atoms with van der Waals surface area (Å²) < 4.78 is 6.88. The third-order valence-corrected chi connectivity index (χ3v) is 6.54. The van der Waals surface area contributed by atoms with Crippen LogP contribution in [0.25, 0.3) is 10.2 Å². The summed E-state index contributed by atoms with van der Waals surface area (Å²) >= 11 is 1.56. The molecular formula is C20H25N3O3S. The number of amides is 2. The van der Waals surface area contributed by atoms with Crippen LogP contribution >= 0.6 is 11.3 Å². The number of anilines is 1. The summed E-state index contributed by atoms with van der Waals surface area (Å²) in [4.78, 5) is 33.3. The third kappa shape index (κ3) is 3.99. The van der Waals surface area contributed by atoms with E-state index in [1.807, 2.05) is 34.1 Å².